The first-order valence-electron chi connectivity index (χ1n) is 10.3. The zero-order valence-corrected chi connectivity index (χ0v) is 17.8. The van der Waals surface area contributed by atoms with Gasteiger partial charge in [-0.25, -0.2) is 9.78 Å². The standard InChI is InChI=1S/C19H22N4O3.C2HF3O2/c1-21-7-5-20-17(21)10-22-6-4-19(11-22)9-18(24)23(12-19)14-2-3-15-16(8-14)26-13-25-15;3-2(4,5)1(6)7/h2-3,5,7-8H,4,6,9-13H2,1H3;(H,6,7). The second-order valence-electron chi connectivity index (χ2n) is 8.41. The molecule has 3 aliphatic rings. The number of imidazole rings is 1. The van der Waals surface area contributed by atoms with Crippen LogP contribution in [-0.4, -0.2) is 64.0 Å². The van der Waals surface area contributed by atoms with Crippen LogP contribution in [0.1, 0.15) is 18.7 Å². The predicted octanol–water partition coefficient (Wildman–Crippen LogP) is 2.41. The highest BCUT2D eigenvalue weighted by atomic mass is 19.4. The number of carboxylic acid groups (broad SMARTS) is 1. The molecule has 5 rings (SSSR count). The SMILES string of the molecule is Cn1ccnc1CN1CCC2(CC(=O)N(c3ccc4c(c3)OCO4)C2)C1.O=C(O)C(F)(F)F. The number of benzene rings is 1. The zero-order chi connectivity index (χ0) is 23.8. The minimum atomic E-state index is -5.08. The summed E-state index contributed by atoms with van der Waals surface area (Å²) < 4.78 is 44.6. The molecule has 2 saturated heterocycles. The molecule has 0 saturated carbocycles. The zero-order valence-electron chi connectivity index (χ0n) is 17.8. The van der Waals surface area contributed by atoms with Crippen LogP contribution in [0.25, 0.3) is 0 Å². The van der Waals surface area contributed by atoms with E-state index in [4.69, 9.17) is 19.4 Å². The second-order valence-corrected chi connectivity index (χ2v) is 8.41. The third kappa shape index (κ3) is 4.90. The molecule has 12 heteroatoms. The molecule has 0 aliphatic carbocycles. The maximum Gasteiger partial charge on any atom is 0.490 e. The first-order chi connectivity index (χ1) is 15.6. The van der Waals surface area contributed by atoms with Gasteiger partial charge in [-0.1, -0.05) is 0 Å². The minimum absolute atomic E-state index is 0.0403. The van der Waals surface area contributed by atoms with Crippen LogP contribution < -0.4 is 14.4 Å². The van der Waals surface area contributed by atoms with Crippen LogP contribution >= 0.6 is 0 Å². The number of carbonyl (C=O) groups excluding carboxylic acids is 1. The number of hydrogen-bond acceptors (Lipinski definition) is 6. The summed E-state index contributed by atoms with van der Waals surface area (Å²) >= 11 is 0. The quantitative estimate of drug-likeness (QED) is 0.739. The van der Waals surface area contributed by atoms with Gasteiger partial charge in [-0.05, 0) is 25.1 Å². The normalized spacial score (nSPS) is 22.1. The Morgan fingerprint density at radius 1 is 1.24 bits per heavy atom. The van der Waals surface area contributed by atoms with Gasteiger partial charge in [-0.2, -0.15) is 13.2 Å². The van der Waals surface area contributed by atoms with Crippen molar-refractivity contribution < 1.29 is 37.3 Å². The monoisotopic (exact) mass is 468 g/mol. The molecule has 178 valence electrons. The Morgan fingerprint density at radius 2 is 1.97 bits per heavy atom. The first kappa shape index (κ1) is 22.9. The lowest BCUT2D eigenvalue weighted by molar-refractivity contribution is -0.192. The Hall–Kier alpha value is -3.28. The maximum absolute atomic E-state index is 12.7. The Kier molecular flexibility index (Phi) is 5.95. The van der Waals surface area contributed by atoms with Crippen LogP contribution in [-0.2, 0) is 23.2 Å². The van der Waals surface area contributed by atoms with E-state index in [9.17, 15) is 18.0 Å². The molecule has 1 N–H and O–H groups in total. The van der Waals surface area contributed by atoms with E-state index < -0.39 is 12.1 Å². The molecule has 9 nitrogen and oxygen atoms in total. The molecule has 1 aromatic carbocycles. The summed E-state index contributed by atoms with van der Waals surface area (Å²) in [6, 6.07) is 5.75. The molecule has 1 amide bonds. The second kappa shape index (κ2) is 8.58. The Balaban J connectivity index is 0.000000325. The molecule has 3 aliphatic heterocycles. The molecular formula is C21H23F3N4O5. The minimum Gasteiger partial charge on any atom is -0.475 e. The van der Waals surface area contributed by atoms with Gasteiger partial charge in [0.25, 0.3) is 0 Å². The molecule has 1 spiro atoms. The lowest BCUT2D eigenvalue weighted by Gasteiger charge is -2.24. The van der Waals surface area contributed by atoms with Gasteiger partial charge in [0.2, 0.25) is 12.7 Å². The molecule has 2 aromatic rings. The largest absolute Gasteiger partial charge is 0.490 e. The Labute approximate surface area is 187 Å². The summed E-state index contributed by atoms with van der Waals surface area (Å²) in [5.74, 6) is -0.0227. The number of alkyl halides is 3. The summed E-state index contributed by atoms with van der Waals surface area (Å²) in [4.78, 5) is 30.4. The number of aliphatic carboxylic acids is 1. The van der Waals surface area contributed by atoms with E-state index in [0.717, 1.165) is 55.6 Å². The molecule has 1 atom stereocenters. The van der Waals surface area contributed by atoms with Crippen LogP contribution in [0, 0.1) is 5.41 Å². The third-order valence-electron chi connectivity index (χ3n) is 6.03. The van der Waals surface area contributed by atoms with E-state index in [0.29, 0.717) is 6.42 Å². The number of carboxylic acids is 1. The number of hydrogen-bond donors (Lipinski definition) is 1. The van der Waals surface area contributed by atoms with Gasteiger partial charge in [-0.3, -0.25) is 9.69 Å². The fraction of sp³-hybridized carbons (Fsp3) is 0.476. The van der Waals surface area contributed by atoms with Crippen molar-refractivity contribution in [2.24, 2.45) is 12.5 Å². The van der Waals surface area contributed by atoms with Gasteiger partial charge < -0.3 is 24.0 Å². The third-order valence-corrected chi connectivity index (χ3v) is 6.03. The number of ether oxygens (including phenoxy) is 2. The predicted molar refractivity (Wildman–Crippen MR) is 109 cm³/mol. The van der Waals surface area contributed by atoms with Gasteiger partial charge >= 0.3 is 12.1 Å². The van der Waals surface area contributed by atoms with Crippen molar-refractivity contribution in [1.29, 1.82) is 0 Å². The number of likely N-dealkylation sites (tertiary alicyclic amines) is 1. The smallest absolute Gasteiger partial charge is 0.475 e. The number of aryl methyl sites for hydroxylation is 1. The van der Waals surface area contributed by atoms with Crippen molar-refractivity contribution >= 4 is 17.6 Å². The van der Waals surface area contributed by atoms with Crippen LogP contribution in [0.15, 0.2) is 30.6 Å². The Bertz CT molecular complexity index is 1060. The lowest BCUT2D eigenvalue weighted by atomic mass is 9.86. The molecule has 1 unspecified atom stereocenters. The number of anilines is 1. The molecule has 4 heterocycles. The number of amides is 1. The molecule has 2 fully saturated rings. The van der Waals surface area contributed by atoms with E-state index in [-0.39, 0.29) is 18.1 Å². The van der Waals surface area contributed by atoms with E-state index in [1.54, 1.807) is 0 Å². The van der Waals surface area contributed by atoms with Crippen molar-refractivity contribution in [3.05, 3.63) is 36.4 Å². The topological polar surface area (TPSA) is 97.1 Å². The fourth-order valence-electron chi connectivity index (χ4n) is 4.37. The number of halogens is 3. The van der Waals surface area contributed by atoms with Crippen molar-refractivity contribution in [3.63, 3.8) is 0 Å². The van der Waals surface area contributed by atoms with Crippen molar-refractivity contribution in [3.8, 4) is 11.5 Å². The molecule has 33 heavy (non-hydrogen) atoms. The van der Waals surface area contributed by atoms with Gasteiger partial charge in [0.15, 0.2) is 11.5 Å². The van der Waals surface area contributed by atoms with Gasteiger partial charge in [0.05, 0.1) is 6.54 Å². The van der Waals surface area contributed by atoms with Crippen molar-refractivity contribution in [1.82, 2.24) is 14.5 Å². The highest BCUT2D eigenvalue weighted by Crippen LogP contribution is 2.44. The van der Waals surface area contributed by atoms with Crippen LogP contribution in [0.4, 0.5) is 18.9 Å². The average molecular weight is 468 g/mol. The number of fused-ring (bicyclic) bond motifs is 1. The summed E-state index contributed by atoms with van der Waals surface area (Å²) in [6.45, 7) is 3.80. The molecular weight excluding hydrogens is 445 g/mol. The summed E-state index contributed by atoms with van der Waals surface area (Å²) in [6.07, 6.45) is 0.381. The lowest BCUT2D eigenvalue weighted by Crippen LogP contribution is -2.31. The van der Waals surface area contributed by atoms with Crippen LogP contribution in [0.2, 0.25) is 0 Å². The highest BCUT2D eigenvalue weighted by Gasteiger charge is 2.48. The highest BCUT2D eigenvalue weighted by molar-refractivity contribution is 5.96. The van der Waals surface area contributed by atoms with Crippen LogP contribution in [0.3, 0.4) is 0 Å². The van der Waals surface area contributed by atoms with Crippen LogP contribution in [0.5, 0.6) is 11.5 Å². The molecule has 1 aromatic heterocycles. The van der Waals surface area contributed by atoms with E-state index in [2.05, 4.69) is 14.5 Å². The molecule has 0 radical (unpaired) electrons. The summed E-state index contributed by atoms with van der Waals surface area (Å²) in [5, 5.41) is 7.12. The van der Waals surface area contributed by atoms with E-state index in [1.165, 1.54) is 0 Å². The van der Waals surface area contributed by atoms with Gasteiger partial charge in [-0.15, -0.1) is 0 Å². The Morgan fingerprint density at radius 3 is 2.64 bits per heavy atom. The maximum atomic E-state index is 12.7. The summed E-state index contributed by atoms with van der Waals surface area (Å²) in [5.41, 5.74) is 0.942. The van der Waals surface area contributed by atoms with E-state index in [1.807, 2.05) is 42.5 Å². The number of nitrogens with zero attached hydrogens (tertiary/aromatic N) is 4. The number of carbonyl (C=O) groups is 2. The number of rotatable bonds is 3. The van der Waals surface area contributed by atoms with Gasteiger partial charge in [0.1, 0.15) is 5.82 Å². The fourth-order valence-corrected chi connectivity index (χ4v) is 4.37. The molecule has 0 bridgehead atoms. The van der Waals surface area contributed by atoms with E-state index >= 15 is 0 Å². The van der Waals surface area contributed by atoms with Crippen molar-refractivity contribution in [2.75, 3.05) is 31.3 Å². The first-order valence-corrected chi connectivity index (χ1v) is 10.3. The average Bonchev–Trinajstić information content (AvgIpc) is 3.51. The number of aromatic nitrogens is 2. The van der Waals surface area contributed by atoms with Crippen molar-refractivity contribution in [2.45, 2.75) is 25.6 Å². The summed E-state index contributed by atoms with van der Waals surface area (Å²) in [7, 11) is 2.02. The van der Waals surface area contributed by atoms with Gasteiger partial charge in [0, 0.05) is 56.1 Å².